The van der Waals surface area contributed by atoms with Crippen LogP contribution in [-0.2, 0) is 21.8 Å². The van der Waals surface area contributed by atoms with Crippen molar-refractivity contribution in [3.8, 4) is 0 Å². The van der Waals surface area contributed by atoms with Gasteiger partial charge in [0, 0.05) is 12.3 Å². The molecule has 19 heavy (non-hydrogen) atoms. The first kappa shape index (κ1) is 15.6. The van der Waals surface area contributed by atoms with Crippen LogP contribution in [0.15, 0.2) is 24.3 Å². The molecule has 0 aromatic heterocycles. The molecule has 0 saturated carbocycles. The van der Waals surface area contributed by atoms with E-state index in [0.717, 1.165) is 29.8 Å². The summed E-state index contributed by atoms with van der Waals surface area (Å²) in [5.41, 5.74) is 1.89. The minimum atomic E-state index is -0.824. The number of amides is 1. The summed E-state index contributed by atoms with van der Waals surface area (Å²) < 4.78 is 0. The van der Waals surface area contributed by atoms with E-state index in [1.165, 1.54) is 0 Å². The second-order valence-corrected chi connectivity index (χ2v) is 5.22. The number of thioether (sulfide) groups is 1. The Balaban J connectivity index is 2.30. The van der Waals surface area contributed by atoms with Gasteiger partial charge in [-0.25, -0.2) is 0 Å². The molecule has 0 fully saturated rings. The van der Waals surface area contributed by atoms with Crippen molar-refractivity contribution in [2.45, 2.75) is 25.5 Å². The predicted octanol–water partition coefficient (Wildman–Crippen LogP) is 2.07. The molecule has 0 unspecified atom stereocenters. The monoisotopic (exact) mass is 281 g/mol. The van der Waals surface area contributed by atoms with Gasteiger partial charge in [-0.05, 0) is 17.5 Å². The molecular formula is C14H19NO3S. The zero-order valence-corrected chi connectivity index (χ0v) is 11.8. The van der Waals surface area contributed by atoms with Crippen LogP contribution in [0.4, 0.5) is 0 Å². The maximum atomic E-state index is 11.4. The predicted molar refractivity (Wildman–Crippen MR) is 77.2 cm³/mol. The lowest BCUT2D eigenvalue weighted by Crippen LogP contribution is -2.25. The first-order valence-corrected chi connectivity index (χ1v) is 7.41. The molecule has 104 valence electrons. The Bertz CT molecular complexity index is 417. The molecule has 4 nitrogen and oxygen atoms in total. The molecule has 0 aliphatic heterocycles. The van der Waals surface area contributed by atoms with E-state index in [1.54, 1.807) is 11.8 Å². The highest BCUT2D eigenvalue weighted by Gasteiger charge is 2.02. The van der Waals surface area contributed by atoms with E-state index in [4.69, 9.17) is 5.11 Å². The van der Waals surface area contributed by atoms with Crippen molar-refractivity contribution in [1.82, 2.24) is 5.32 Å². The van der Waals surface area contributed by atoms with Crippen molar-refractivity contribution < 1.29 is 14.7 Å². The lowest BCUT2D eigenvalue weighted by atomic mass is 10.1. The fraction of sp³-hybridized carbons (Fsp3) is 0.429. The van der Waals surface area contributed by atoms with Crippen LogP contribution in [0.5, 0.6) is 0 Å². The Morgan fingerprint density at radius 1 is 1.21 bits per heavy atom. The molecule has 0 radical (unpaired) electrons. The first-order valence-electron chi connectivity index (χ1n) is 6.26. The number of nitrogens with one attached hydrogen (secondary N) is 1. The molecular weight excluding hydrogens is 262 g/mol. The Morgan fingerprint density at radius 3 is 2.42 bits per heavy atom. The summed E-state index contributed by atoms with van der Waals surface area (Å²) in [6.45, 7) is 2.75. The summed E-state index contributed by atoms with van der Waals surface area (Å²) in [7, 11) is 0. The average molecular weight is 281 g/mol. The van der Waals surface area contributed by atoms with Gasteiger partial charge in [0.25, 0.3) is 0 Å². The van der Waals surface area contributed by atoms with Gasteiger partial charge in [-0.15, -0.1) is 11.8 Å². The number of carboxylic acid groups (broad SMARTS) is 1. The number of carbonyl (C=O) groups excluding carboxylic acids is 1. The number of carboxylic acids is 1. The van der Waals surface area contributed by atoms with E-state index in [0.29, 0.717) is 5.75 Å². The Morgan fingerprint density at radius 2 is 1.84 bits per heavy atom. The highest BCUT2D eigenvalue weighted by Crippen LogP contribution is 2.13. The van der Waals surface area contributed by atoms with Crippen molar-refractivity contribution in [1.29, 1.82) is 0 Å². The summed E-state index contributed by atoms with van der Waals surface area (Å²) in [6, 6.07) is 7.47. The van der Waals surface area contributed by atoms with Crippen LogP contribution >= 0.6 is 11.8 Å². The molecule has 0 aliphatic rings. The van der Waals surface area contributed by atoms with Gasteiger partial charge in [0.1, 0.15) is 0 Å². The lowest BCUT2D eigenvalue weighted by Gasteiger charge is -2.04. The number of hydrogen-bond acceptors (Lipinski definition) is 3. The minimum Gasteiger partial charge on any atom is -0.481 e. The normalized spacial score (nSPS) is 10.2. The van der Waals surface area contributed by atoms with Crippen molar-refractivity contribution in [2.75, 3.05) is 12.3 Å². The van der Waals surface area contributed by atoms with E-state index in [-0.39, 0.29) is 12.3 Å². The summed E-state index contributed by atoms with van der Waals surface area (Å²) in [5, 5.41) is 11.5. The van der Waals surface area contributed by atoms with Crippen molar-refractivity contribution in [3.63, 3.8) is 0 Å². The molecule has 0 saturated heterocycles. The molecule has 0 atom stereocenters. The van der Waals surface area contributed by atoms with Gasteiger partial charge < -0.3 is 10.4 Å². The zero-order valence-electron chi connectivity index (χ0n) is 11.0. The third-order valence-corrected chi connectivity index (χ3v) is 3.46. The van der Waals surface area contributed by atoms with Gasteiger partial charge in [-0.2, -0.15) is 0 Å². The maximum Gasteiger partial charge on any atom is 0.307 e. The van der Waals surface area contributed by atoms with Crippen LogP contribution in [-0.4, -0.2) is 29.3 Å². The van der Waals surface area contributed by atoms with Crippen molar-refractivity contribution >= 4 is 23.6 Å². The summed E-state index contributed by atoms with van der Waals surface area (Å²) in [4.78, 5) is 21.9. The standard InChI is InChI=1S/C14H19NO3S/c1-2-7-15-13(16)10-19-9-12-5-3-11(4-6-12)8-14(17)18/h3-6H,2,7-10H2,1H3,(H,15,16)(H,17,18). The summed E-state index contributed by atoms with van der Waals surface area (Å²) >= 11 is 1.56. The summed E-state index contributed by atoms with van der Waals surface area (Å²) in [6.07, 6.45) is 0.994. The third kappa shape index (κ3) is 6.86. The first-order chi connectivity index (χ1) is 9.11. The molecule has 1 aromatic carbocycles. The second kappa shape index (κ2) is 8.58. The van der Waals surface area contributed by atoms with Crippen molar-refractivity contribution in [2.24, 2.45) is 0 Å². The maximum absolute atomic E-state index is 11.4. The number of benzene rings is 1. The lowest BCUT2D eigenvalue weighted by molar-refractivity contribution is -0.136. The van der Waals surface area contributed by atoms with Crippen molar-refractivity contribution in [3.05, 3.63) is 35.4 Å². The van der Waals surface area contributed by atoms with Gasteiger partial charge in [0.15, 0.2) is 0 Å². The summed E-state index contributed by atoms with van der Waals surface area (Å²) in [5.74, 6) is 0.452. The fourth-order valence-corrected chi connectivity index (χ4v) is 2.32. The number of hydrogen-bond donors (Lipinski definition) is 2. The zero-order chi connectivity index (χ0) is 14.1. The van der Waals surface area contributed by atoms with Crippen LogP contribution in [0.1, 0.15) is 24.5 Å². The highest BCUT2D eigenvalue weighted by molar-refractivity contribution is 7.99. The molecule has 1 rings (SSSR count). The van der Waals surface area contributed by atoms with Gasteiger partial charge >= 0.3 is 5.97 Å². The van der Waals surface area contributed by atoms with Crippen LogP contribution in [0.2, 0.25) is 0 Å². The molecule has 1 amide bonds. The Labute approximate surface area is 117 Å². The molecule has 0 heterocycles. The van der Waals surface area contributed by atoms with E-state index >= 15 is 0 Å². The Kier molecular flexibility index (Phi) is 7.03. The highest BCUT2D eigenvalue weighted by atomic mass is 32.2. The smallest absolute Gasteiger partial charge is 0.307 e. The SMILES string of the molecule is CCCNC(=O)CSCc1ccc(CC(=O)O)cc1. The average Bonchev–Trinajstić information content (AvgIpc) is 2.38. The van der Waals surface area contributed by atoms with Crippen LogP contribution < -0.4 is 5.32 Å². The third-order valence-electron chi connectivity index (χ3n) is 2.45. The molecule has 2 N–H and O–H groups in total. The Hall–Kier alpha value is -1.49. The number of carbonyl (C=O) groups is 2. The molecule has 0 aliphatic carbocycles. The van der Waals surface area contributed by atoms with E-state index < -0.39 is 5.97 Å². The van der Waals surface area contributed by atoms with E-state index in [9.17, 15) is 9.59 Å². The van der Waals surface area contributed by atoms with Crippen LogP contribution in [0.3, 0.4) is 0 Å². The largest absolute Gasteiger partial charge is 0.481 e. The number of aliphatic carboxylic acids is 1. The molecule has 5 heteroatoms. The van der Waals surface area contributed by atoms with E-state index in [1.807, 2.05) is 31.2 Å². The molecule has 1 aromatic rings. The fourth-order valence-electron chi connectivity index (χ4n) is 1.50. The van der Waals surface area contributed by atoms with Crippen LogP contribution in [0, 0.1) is 0 Å². The van der Waals surface area contributed by atoms with E-state index in [2.05, 4.69) is 5.32 Å². The van der Waals surface area contributed by atoms with Gasteiger partial charge in [-0.3, -0.25) is 9.59 Å². The molecule has 0 spiro atoms. The van der Waals surface area contributed by atoms with Gasteiger partial charge in [0.05, 0.1) is 12.2 Å². The quantitative estimate of drug-likeness (QED) is 0.765. The minimum absolute atomic E-state index is 0.0485. The van der Waals surface area contributed by atoms with Gasteiger partial charge in [-0.1, -0.05) is 31.2 Å². The number of rotatable bonds is 8. The molecule has 0 bridgehead atoms. The second-order valence-electron chi connectivity index (χ2n) is 4.23. The van der Waals surface area contributed by atoms with Gasteiger partial charge in [0.2, 0.25) is 5.91 Å². The van der Waals surface area contributed by atoms with Crippen LogP contribution in [0.25, 0.3) is 0 Å². The topological polar surface area (TPSA) is 66.4 Å².